The van der Waals surface area contributed by atoms with E-state index in [1.807, 2.05) is 49.1 Å². The highest BCUT2D eigenvalue weighted by Crippen LogP contribution is 2.36. The Morgan fingerprint density at radius 2 is 1.83 bits per heavy atom. The molecular formula is C18H19BrN4O. The maximum atomic E-state index is 12.8. The smallest absolute Gasteiger partial charge is 0.255 e. The summed E-state index contributed by atoms with van der Waals surface area (Å²) in [5, 5.41) is 0. The van der Waals surface area contributed by atoms with E-state index in [4.69, 9.17) is 0 Å². The Hall–Kier alpha value is -1.95. The Kier molecular flexibility index (Phi) is 3.79. The second-order valence-corrected chi connectivity index (χ2v) is 7.47. The van der Waals surface area contributed by atoms with Gasteiger partial charge in [0.1, 0.15) is 0 Å². The zero-order valence-electron chi connectivity index (χ0n) is 13.7. The maximum absolute atomic E-state index is 12.8. The Bertz CT molecular complexity index is 789. The third-order valence-electron chi connectivity index (χ3n) is 4.86. The Morgan fingerprint density at radius 1 is 1.12 bits per heavy atom. The number of nitrogens with zero attached hydrogens (tertiary/aromatic N) is 4. The fourth-order valence-electron chi connectivity index (χ4n) is 3.67. The van der Waals surface area contributed by atoms with E-state index < -0.39 is 0 Å². The van der Waals surface area contributed by atoms with Gasteiger partial charge in [-0.1, -0.05) is 12.1 Å². The highest BCUT2D eigenvalue weighted by Gasteiger charge is 2.48. The summed E-state index contributed by atoms with van der Waals surface area (Å²) in [7, 11) is 0. The van der Waals surface area contributed by atoms with E-state index in [-0.39, 0.29) is 5.91 Å². The topological polar surface area (TPSA) is 49.3 Å². The van der Waals surface area contributed by atoms with Gasteiger partial charge < -0.3 is 9.80 Å². The molecule has 2 aromatic rings. The number of amides is 1. The highest BCUT2D eigenvalue weighted by molar-refractivity contribution is 9.10. The van der Waals surface area contributed by atoms with Gasteiger partial charge in [0, 0.05) is 41.4 Å². The van der Waals surface area contributed by atoms with Gasteiger partial charge in [0.25, 0.3) is 5.91 Å². The number of anilines is 1. The summed E-state index contributed by atoms with van der Waals surface area (Å²) in [6, 6.07) is 9.92. The lowest BCUT2D eigenvalue weighted by Gasteiger charge is -2.43. The van der Waals surface area contributed by atoms with Crippen LogP contribution in [0.4, 0.5) is 5.95 Å². The molecule has 1 aromatic carbocycles. The fraction of sp³-hybridized carbons (Fsp3) is 0.389. The number of rotatable bonds is 2. The SMILES string of the molecule is Cc1cc(C)nc(N2CC3CN(C(=O)c4ccccc4Br)CC32)n1. The van der Waals surface area contributed by atoms with Crippen LogP contribution >= 0.6 is 15.9 Å². The molecule has 2 aliphatic heterocycles. The van der Waals surface area contributed by atoms with E-state index in [1.54, 1.807) is 0 Å². The van der Waals surface area contributed by atoms with Crippen molar-refractivity contribution in [2.45, 2.75) is 19.9 Å². The van der Waals surface area contributed by atoms with Crippen molar-refractivity contribution in [2.75, 3.05) is 24.5 Å². The van der Waals surface area contributed by atoms with Crippen LogP contribution in [0.3, 0.4) is 0 Å². The molecule has 24 heavy (non-hydrogen) atoms. The number of carbonyl (C=O) groups is 1. The molecule has 2 unspecified atom stereocenters. The van der Waals surface area contributed by atoms with E-state index in [0.717, 1.165) is 47.0 Å². The molecule has 6 heteroatoms. The fourth-order valence-corrected chi connectivity index (χ4v) is 4.13. The number of hydrogen-bond acceptors (Lipinski definition) is 4. The Balaban J connectivity index is 1.51. The van der Waals surface area contributed by atoms with E-state index >= 15 is 0 Å². The molecule has 2 atom stereocenters. The first-order valence-electron chi connectivity index (χ1n) is 8.15. The molecule has 2 saturated heterocycles. The molecule has 0 aliphatic carbocycles. The van der Waals surface area contributed by atoms with Crippen LogP contribution in [0.25, 0.3) is 0 Å². The molecule has 124 valence electrons. The molecule has 1 amide bonds. The number of halogens is 1. The van der Waals surface area contributed by atoms with Gasteiger partial charge in [-0.3, -0.25) is 4.79 Å². The minimum atomic E-state index is 0.0955. The third kappa shape index (κ3) is 2.59. The summed E-state index contributed by atoms with van der Waals surface area (Å²) in [4.78, 5) is 26.1. The first-order chi connectivity index (χ1) is 11.5. The standard InChI is InChI=1S/C18H19BrN4O/c1-11-7-12(2)21-18(20-11)23-9-13-8-22(10-16(13)23)17(24)14-5-3-4-6-15(14)19/h3-7,13,16H,8-10H2,1-2H3. The van der Waals surface area contributed by atoms with E-state index in [0.29, 0.717) is 12.0 Å². The lowest BCUT2D eigenvalue weighted by atomic mass is 9.92. The van der Waals surface area contributed by atoms with Gasteiger partial charge >= 0.3 is 0 Å². The molecule has 4 rings (SSSR count). The molecular weight excluding hydrogens is 368 g/mol. The zero-order valence-corrected chi connectivity index (χ0v) is 15.3. The van der Waals surface area contributed by atoms with Crippen molar-refractivity contribution in [3.05, 3.63) is 51.8 Å². The predicted octanol–water partition coefficient (Wildman–Crippen LogP) is 2.82. The van der Waals surface area contributed by atoms with Crippen molar-refractivity contribution in [2.24, 2.45) is 5.92 Å². The molecule has 0 N–H and O–H groups in total. The number of hydrogen-bond donors (Lipinski definition) is 0. The van der Waals surface area contributed by atoms with Gasteiger partial charge in [-0.25, -0.2) is 9.97 Å². The summed E-state index contributed by atoms with van der Waals surface area (Å²) in [5.74, 6) is 1.41. The van der Waals surface area contributed by atoms with Crippen LogP contribution in [0.2, 0.25) is 0 Å². The van der Waals surface area contributed by atoms with Crippen molar-refractivity contribution >= 4 is 27.8 Å². The number of aromatic nitrogens is 2. The molecule has 0 saturated carbocycles. The largest absolute Gasteiger partial charge is 0.336 e. The minimum Gasteiger partial charge on any atom is -0.336 e. The normalized spacial score (nSPS) is 22.3. The van der Waals surface area contributed by atoms with Gasteiger partial charge in [0.2, 0.25) is 5.95 Å². The third-order valence-corrected chi connectivity index (χ3v) is 5.55. The monoisotopic (exact) mass is 386 g/mol. The molecule has 0 bridgehead atoms. The molecule has 0 radical (unpaired) electrons. The van der Waals surface area contributed by atoms with Crippen molar-refractivity contribution < 1.29 is 4.79 Å². The first-order valence-corrected chi connectivity index (χ1v) is 8.95. The Labute approximate surface area is 149 Å². The number of carbonyl (C=O) groups excluding carboxylic acids is 1. The number of fused-ring (bicyclic) bond motifs is 1. The summed E-state index contributed by atoms with van der Waals surface area (Å²) in [6.07, 6.45) is 0. The number of likely N-dealkylation sites (tertiary alicyclic amines) is 1. The van der Waals surface area contributed by atoms with Gasteiger partial charge in [-0.15, -0.1) is 0 Å². The van der Waals surface area contributed by atoms with E-state index in [1.165, 1.54) is 0 Å². The predicted molar refractivity (Wildman–Crippen MR) is 96.2 cm³/mol. The van der Waals surface area contributed by atoms with Crippen LogP contribution < -0.4 is 4.90 Å². The van der Waals surface area contributed by atoms with Crippen LogP contribution in [-0.4, -0.2) is 46.5 Å². The van der Waals surface area contributed by atoms with Crippen molar-refractivity contribution in [1.82, 2.24) is 14.9 Å². The summed E-state index contributed by atoms with van der Waals surface area (Å²) in [6.45, 7) is 6.46. The van der Waals surface area contributed by atoms with Crippen LogP contribution in [-0.2, 0) is 0 Å². The van der Waals surface area contributed by atoms with Crippen LogP contribution in [0.1, 0.15) is 21.7 Å². The molecule has 5 nitrogen and oxygen atoms in total. The second-order valence-electron chi connectivity index (χ2n) is 6.62. The number of aryl methyl sites for hydroxylation is 2. The molecule has 3 heterocycles. The van der Waals surface area contributed by atoms with Crippen molar-refractivity contribution in [3.63, 3.8) is 0 Å². The zero-order chi connectivity index (χ0) is 16.8. The molecule has 2 aliphatic rings. The second kappa shape index (κ2) is 5.84. The molecule has 1 aromatic heterocycles. The summed E-state index contributed by atoms with van der Waals surface area (Å²) in [5.41, 5.74) is 2.70. The lowest BCUT2D eigenvalue weighted by molar-refractivity contribution is 0.0788. The lowest BCUT2D eigenvalue weighted by Crippen LogP contribution is -2.56. The summed E-state index contributed by atoms with van der Waals surface area (Å²) >= 11 is 3.48. The average molecular weight is 387 g/mol. The van der Waals surface area contributed by atoms with Crippen molar-refractivity contribution in [3.8, 4) is 0 Å². The van der Waals surface area contributed by atoms with Crippen LogP contribution in [0.5, 0.6) is 0 Å². The van der Waals surface area contributed by atoms with Crippen molar-refractivity contribution in [1.29, 1.82) is 0 Å². The quantitative estimate of drug-likeness (QED) is 0.795. The highest BCUT2D eigenvalue weighted by atomic mass is 79.9. The van der Waals surface area contributed by atoms with Gasteiger partial charge in [-0.05, 0) is 48.0 Å². The number of benzene rings is 1. The van der Waals surface area contributed by atoms with E-state index in [9.17, 15) is 4.79 Å². The van der Waals surface area contributed by atoms with Gasteiger partial charge in [0.05, 0.1) is 11.6 Å². The van der Waals surface area contributed by atoms with Crippen LogP contribution in [0.15, 0.2) is 34.8 Å². The van der Waals surface area contributed by atoms with E-state index in [2.05, 4.69) is 30.8 Å². The molecule has 0 spiro atoms. The maximum Gasteiger partial charge on any atom is 0.255 e. The average Bonchev–Trinajstić information content (AvgIpc) is 2.84. The van der Waals surface area contributed by atoms with Crippen LogP contribution in [0, 0.1) is 19.8 Å². The first kappa shape index (κ1) is 15.6. The minimum absolute atomic E-state index is 0.0955. The van der Waals surface area contributed by atoms with Gasteiger partial charge in [-0.2, -0.15) is 0 Å². The molecule has 2 fully saturated rings. The Morgan fingerprint density at radius 3 is 2.54 bits per heavy atom. The summed E-state index contributed by atoms with van der Waals surface area (Å²) < 4.78 is 0.851. The van der Waals surface area contributed by atoms with Gasteiger partial charge in [0.15, 0.2) is 0 Å².